The van der Waals surface area contributed by atoms with Crippen molar-refractivity contribution in [3.63, 3.8) is 0 Å². The maximum atomic E-state index is 12.9. The zero-order valence-electron chi connectivity index (χ0n) is 25.1. The summed E-state index contributed by atoms with van der Waals surface area (Å²) in [5, 5.41) is 12.4. The van der Waals surface area contributed by atoms with Crippen molar-refractivity contribution in [2.45, 2.75) is 103 Å². The third-order valence-electron chi connectivity index (χ3n) is 9.65. The van der Waals surface area contributed by atoms with Crippen LogP contribution in [0.15, 0.2) is 60.7 Å². The summed E-state index contributed by atoms with van der Waals surface area (Å²) in [5.41, 5.74) is 2.48. The average molecular weight is 623 g/mol. The molecule has 4 unspecified atom stereocenters. The first kappa shape index (κ1) is 35.0. The molecule has 2 aromatic carbocycles. The number of carboxylic acids is 1. The van der Waals surface area contributed by atoms with Gasteiger partial charge in [0.15, 0.2) is 0 Å². The number of hydrogen-bond donors (Lipinski definition) is 2. The van der Waals surface area contributed by atoms with Crippen molar-refractivity contribution < 1.29 is 24.2 Å². The van der Waals surface area contributed by atoms with E-state index in [1.807, 2.05) is 41.3 Å². The number of morpholine rings is 2. The monoisotopic (exact) mass is 622 g/mol. The van der Waals surface area contributed by atoms with Crippen LogP contribution in [0.25, 0.3) is 0 Å². The molecule has 0 saturated carbocycles. The fourth-order valence-corrected chi connectivity index (χ4v) is 7.38. The molecule has 6 fully saturated rings. The maximum absolute atomic E-state index is 12.9. The number of fused-ring (bicyclic) bond motifs is 4. The lowest BCUT2D eigenvalue weighted by Crippen LogP contribution is -2.50. The van der Waals surface area contributed by atoms with Gasteiger partial charge in [0.1, 0.15) is 6.04 Å². The SMILES string of the molecule is C.C.C1OC2CNC1C2.O=C(O)[C@@H]1CCCN1Cc1ccccc1.O=C([C@@H]1CCCN1Cc1ccccc1)N1CC2CC1CO2. The lowest BCUT2D eigenvalue weighted by atomic mass is 10.1. The van der Waals surface area contributed by atoms with Gasteiger partial charge in [0.25, 0.3) is 0 Å². The second-order valence-corrected chi connectivity index (χ2v) is 12.7. The number of nitrogens with one attached hydrogen (secondary N) is 1. The summed E-state index contributed by atoms with van der Waals surface area (Å²) in [4.78, 5) is 30.3. The zero-order valence-corrected chi connectivity index (χ0v) is 25.1. The van der Waals surface area contributed by atoms with Crippen LogP contribution in [-0.4, -0.2) is 107 Å². The lowest BCUT2D eigenvalue weighted by molar-refractivity contribution is -0.142. The van der Waals surface area contributed by atoms with Gasteiger partial charge >= 0.3 is 5.97 Å². The first-order chi connectivity index (χ1) is 21.0. The van der Waals surface area contributed by atoms with Crippen LogP contribution in [0, 0.1) is 0 Å². The molecular formula is C36H54N4O5. The number of benzene rings is 2. The van der Waals surface area contributed by atoms with Crippen LogP contribution in [0.1, 0.15) is 64.5 Å². The molecule has 9 heteroatoms. The highest BCUT2D eigenvalue weighted by atomic mass is 16.5. The Kier molecular flexibility index (Phi) is 13.0. The molecule has 6 heterocycles. The number of ether oxygens (including phenoxy) is 2. The Hall–Kier alpha value is -2.82. The van der Waals surface area contributed by atoms with Gasteiger partial charge in [-0.25, -0.2) is 0 Å². The van der Waals surface area contributed by atoms with Crippen molar-refractivity contribution >= 4 is 11.9 Å². The Labute approximate surface area is 269 Å². The Balaban J connectivity index is 0.000000167. The minimum absolute atomic E-state index is 0. The van der Waals surface area contributed by atoms with Crippen LogP contribution in [0.5, 0.6) is 0 Å². The number of amides is 1. The van der Waals surface area contributed by atoms with Gasteiger partial charge in [-0.2, -0.15) is 0 Å². The number of aliphatic carboxylic acids is 1. The summed E-state index contributed by atoms with van der Waals surface area (Å²) in [6.45, 7) is 7.14. The van der Waals surface area contributed by atoms with E-state index in [2.05, 4.69) is 39.4 Å². The molecule has 45 heavy (non-hydrogen) atoms. The predicted octanol–water partition coefficient (Wildman–Crippen LogP) is 4.41. The number of carboxylic acid groups (broad SMARTS) is 1. The fourth-order valence-electron chi connectivity index (χ4n) is 7.38. The predicted molar refractivity (Wildman–Crippen MR) is 177 cm³/mol. The highest BCUT2D eigenvalue weighted by Gasteiger charge is 2.45. The van der Waals surface area contributed by atoms with Gasteiger partial charge in [-0.05, 0) is 62.7 Å². The number of carbonyl (C=O) groups excluding carboxylic acids is 1. The van der Waals surface area contributed by atoms with Crippen molar-refractivity contribution in [2.75, 3.05) is 39.4 Å². The molecule has 0 aliphatic carbocycles. The van der Waals surface area contributed by atoms with Crippen molar-refractivity contribution in [3.05, 3.63) is 71.8 Å². The summed E-state index contributed by atoms with van der Waals surface area (Å²) in [5.74, 6) is -0.359. The molecule has 8 rings (SSSR count). The van der Waals surface area contributed by atoms with E-state index in [4.69, 9.17) is 14.6 Å². The van der Waals surface area contributed by atoms with E-state index < -0.39 is 5.97 Å². The van der Waals surface area contributed by atoms with Gasteiger partial charge in [-0.15, -0.1) is 0 Å². The number of nitrogens with zero attached hydrogens (tertiary/aromatic N) is 3. The van der Waals surface area contributed by atoms with Gasteiger partial charge in [-0.1, -0.05) is 75.5 Å². The zero-order chi connectivity index (χ0) is 29.6. The van der Waals surface area contributed by atoms with Gasteiger partial charge in [0.2, 0.25) is 5.91 Å². The topological polar surface area (TPSA) is 94.6 Å². The minimum Gasteiger partial charge on any atom is -0.480 e. The quantitative estimate of drug-likeness (QED) is 0.490. The van der Waals surface area contributed by atoms with E-state index >= 15 is 0 Å². The summed E-state index contributed by atoms with van der Waals surface area (Å²) in [7, 11) is 0. The van der Waals surface area contributed by atoms with Crippen LogP contribution in [0.3, 0.4) is 0 Å². The highest BCUT2D eigenvalue weighted by molar-refractivity contribution is 5.83. The van der Waals surface area contributed by atoms with E-state index in [0.29, 0.717) is 30.2 Å². The van der Waals surface area contributed by atoms with Gasteiger partial charge < -0.3 is 24.8 Å². The Morgan fingerprint density at radius 3 is 1.78 bits per heavy atom. The van der Waals surface area contributed by atoms with E-state index in [-0.39, 0.29) is 26.9 Å². The lowest BCUT2D eigenvalue weighted by Gasteiger charge is -2.32. The molecule has 6 aliphatic rings. The third kappa shape index (κ3) is 8.92. The first-order valence-corrected chi connectivity index (χ1v) is 16.1. The molecule has 6 atom stereocenters. The smallest absolute Gasteiger partial charge is 0.320 e. The summed E-state index contributed by atoms with van der Waals surface area (Å²) in [6, 6.07) is 21.3. The number of rotatable bonds is 6. The van der Waals surface area contributed by atoms with Gasteiger partial charge in [0, 0.05) is 32.2 Å². The molecular weight excluding hydrogens is 568 g/mol. The molecule has 9 nitrogen and oxygen atoms in total. The maximum Gasteiger partial charge on any atom is 0.320 e. The second kappa shape index (κ2) is 16.7. The van der Waals surface area contributed by atoms with E-state index in [1.165, 1.54) is 17.5 Å². The third-order valence-corrected chi connectivity index (χ3v) is 9.65. The number of likely N-dealkylation sites (tertiary alicyclic amines) is 3. The van der Waals surface area contributed by atoms with Crippen molar-refractivity contribution in [1.29, 1.82) is 0 Å². The Morgan fingerprint density at radius 2 is 1.36 bits per heavy atom. The van der Waals surface area contributed by atoms with E-state index in [9.17, 15) is 9.59 Å². The Morgan fingerprint density at radius 1 is 0.778 bits per heavy atom. The van der Waals surface area contributed by atoms with Crippen LogP contribution in [-0.2, 0) is 32.2 Å². The molecule has 6 aliphatic heterocycles. The largest absolute Gasteiger partial charge is 0.480 e. The van der Waals surface area contributed by atoms with Gasteiger partial charge in [0.05, 0.1) is 37.5 Å². The standard InChI is InChI=1S/C17H22N2O2.C12H15NO2.C5H9NO.2CH4/c20-17(19-11-15-9-14(19)12-21-15)16-7-4-8-18(16)10-13-5-2-1-3-6-13;14-12(15)11-7-4-8-13(11)9-10-5-2-1-3-6-10;1-4-3-7-5(1)2-6-4;;/h1-3,5-6,14-16H,4,7-12H2;1-3,5-6,11H,4,7-9H2,(H,14,15);4-6H,1-3H2;2*1H4/t14?,15?,16-;11-;;;/m00.../s1. The van der Waals surface area contributed by atoms with E-state index in [0.717, 1.165) is 84.6 Å². The van der Waals surface area contributed by atoms with Crippen LogP contribution >= 0.6 is 0 Å². The molecule has 2 aromatic rings. The summed E-state index contributed by atoms with van der Waals surface area (Å²) >= 11 is 0. The molecule has 2 N–H and O–H groups in total. The van der Waals surface area contributed by atoms with Crippen molar-refractivity contribution in [1.82, 2.24) is 20.0 Å². The summed E-state index contributed by atoms with van der Waals surface area (Å²) < 4.78 is 10.9. The number of hydrogen-bond acceptors (Lipinski definition) is 7. The normalized spacial score (nSPS) is 29.6. The first-order valence-electron chi connectivity index (χ1n) is 16.1. The minimum atomic E-state index is -0.691. The molecule has 4 bridgehead atoms. The summed E-state index contributed by atoms with van der Waals surface area (Å²) in [6.07, 6.45) is 7.04. The molecule has 1 amide bonds. The van der Waals surface area contributed by atoms with Crippen LogP contribution in [0.4, 0.5) is 0 Å². The molecule has 0 radical (unpaired) electrons. The second-order valence-electron chi connectivity index (χ2n) is 12.7. The highest BCUT2D eigenvalue weighted by Crippen LogP contribution is 2.31. The van der Waals surface area contributed by atoms with Crippen molar-refractivity contribution in [3.8, 4) is 0 Å². The Bertz CT molecular complexity index is 1180. The fraction of sp³-hybridized carbons (Fsp3) is 0.611. The molecule has 248 valence electrons. The van der Waals surface area contributed by atoms with E-state index in [1.54, 1.807) is 0 Å². The van der Waals surface area contributed by atoms with Crippen molar-refractivity contribution in [2.24, 2.45) is 0 Å². The van der Waals surface area contributed by atoms with Crippen LogP contribution in [0.2, 0.25) is 0 Å². The molecule has 0 aromatic heterocycles. The molecule has 0 spiro atoms. The number of carbonyl (C=O) groups is 2. The average Bonchev–Trinajstić information content (AvgIpc) is 3.89. The van der Waals surface area contributed by atoms with Gasteiger partial charge in [-0.3, -0.25) is 19.4 Å². The molecule has 6 saturated heterocycles. The van der Waals surface area contributed by atoms with Crippen LogP contribution < -0.4 is 5.32 Å².